The second kappa shape index (κ2) is 7.59. The molecule has 0 aromatic heterocycles. The van der Waals surface area contributed by atoms with Gasteiger partial charge in [0.25, 0.3) is 0 Å². The van der Waals surface area contributed by atoms with Crippen molar-refractivity contribution in [3.8, 4) is 23.0 Å². The molecular formula is C18H21NO5. The molecule has 128 valence electrons. The maximum atomic E-state index is 12.6. The second-order valence-corrected chi connectivity index (χ2v) is 5.08. The Kier molecular flexibility index (Phi) is 5.52. The maximum Gasteiger partial charge on any atom is 0.169 e. The molecule has 2 aromatic rings. The lowest BCUT2D eigenvalue weighted by atomic mass is 10.0. The van der Waals surface area contributed by atoms with E-state index in [-0.39, 0.29) is 12.2 Å². The number of Topliss-reactive ketones (excluding diaryl/α,β-unsaturated/α-hetero) is 1. The number of nitrogens with two attached hydrogens (primary N) is 1. The summed E-state index contributed by atoms with van der Waals surface area (Å²) < 4.78 is 20.9. The van der Waals surface area contributed by atoms with Gasteiger partial charge in [-0.15, -0.1) is 0 Å². The lowest BCUT2D eigenvalue weighted by Crippen LogP contribution is -2.08. The molecule has 0 unspecified atom stereocenters. The first kappa shape index (κ1) is 17.5. The zero-order chi connectivity index (χ0) is 17.7. The average molecular weight is 331 g/mol. The molecule has 6 nitrogen and oxygen atoms in total. The van der Waals surface area contributed by atoms with Gasteiger partial charge in [0.1, 0.15) is 0 Å². The van der Waals surface area contributed by atoms with Crippen molar-refractivity contribution >= 4 is 11.5 Å². The van der Waals surface area contributed by atoms with Gasteiger partial charge in [-0.25, -0.2) is 0 Å². The predicted octanol–water partition coefficient (Wildman–Crippen LogP) is 2.73. The van der Waals surface area contributed by atoms with Crippen molar-refractivity contribution in [2.45, 2.75) is 6.42 Å². The van der Waals surface area contributed by atoms with Crippen LogP contribution in [0, 0.1) is 0 Å². The van der Waals surface area contributed by atoms with E-state index in [0.717, 1.165) is 5.56 Å². The number of ketones is 1. The van der Waals surface area contributed by atoms with Crippen LogP contribution in [0.15, 0.2) is 30.3 Å². The van der Waals surface area contributed by atoms with Crippen molar-refractivity contribution in [1.82, 2.24) is 0 Å². The van der Waals surface area contributed by atoms with Gasteiger partial charge in [-0.2, -0.15) is 0 Å². The van der Waals surface area contributed by atoms with Crippen molar-refractivity contribution in [3.63, 3.8) is 0 Å². The number of methoxy groups -OCH3 is 4. The topological polar surface area (TPSA) is 80.0 Å². The van der Waals surface area contributed by atoms with Gasteiger partial charge in [-0.1, -0.05) is 6.07 Å². The van der Waals surface area contributed by atoms with Crippen molar-refractivity contribution < 1.29 is 23.7 Å². The molecule has 0 atom stereocenters. The zero-order valence-corrected chi connectivity index (χ0v) is 14.2. The van der Waals surface area contributed by atoms with E-state index < -0.39 is 0 Å². The minimum Gasteiger partial charge on any atom is -0.493 e. The lowest BCUT2D eigenvalue weighted by Gasteiger charge is -2.13. The Hall–Kier alpha value is -2.89. The number of ether oxygens (including phenoxy) is 4. The molecule has 2 N–H and O–H groups in total. The molecule has 24 heavy (non-hydrogen) atoms. The Bertz CT molecular complexity index is 742. The van der Waals surface area contributed by atoms with Gasteiger partial charge in [0.15, 0.2) is 28.8 Å². The third-order valence-electron chi connectivity index (χ3n) is 3.67. The number of hydrogen-bond acceptors (Lipinski definition) is 6. The van der Waals surface area contributed by atoms with Crippen LogP contribution in [0.5, 0.6) is 23.0 Å². The Labute approximate surface area is 141 Å². The van der Waals surface area contributed by atoms with E-state index in [1.54, 1.807) is 38.5 Å². The number of hydrogen-bond donors (Lipinski definition) is 1. The molecule has 0 spiro atoms. The average Bonchev–Trinajstić information content (AvgIpc) is 2.60. The molecule has 2 aromatic carbocycles. The van der Waals surface area contributed by atoms with E-state index in [2.05, 4.69) is 0 Å². The molecular weight excluding hydrogens is 310 g/mol. The summed E-state index contributed by atoms with van der Waals surface area (Å²) in [5, 5.41) is 0. The van der Waals surface area contributed by atoms with Crippen molar-refractivity contribution in [3.05, 3.63) is 41.5 Å². The van der Waals surface area contributed by atoms with Gasteiger partial charge in [-0.05, 0) is 23.8 Å². The SMILES string of the molecule is COc1ccc(CC(=O)c2cc(OC)c(OC)cc2N)cc1OC. The van der Waals surface area contributed by atoms with E-state index >= 15 is 0 Å². The van der Waals surface area contributed by atoms with E-state index in [9.17, 15) is 4.79 Å². The molecule has 0 saturated carbocycles. The van der Waals surface area contributed by atoms with Crippen LogP contribution in [0.1, 0.15) is 15.9 Å². The Morgan fingerprint density at radius 1 is 0.833 bits per heavy atom. The second-order valence-electron chi connectivity index (χ2n) is 5.08. The fourth-order valence-electron chi connectivity index (χ4n) is 2.41. The van der Waals surface area contributed by atoms with Crippen molar-refractivity contribution in [1.29, 1.82) is 0 Å². The molecule has 0 aliphatic rings. The summed E-state index contributed by atoms with van der Waals surface area (Å²) in [6, 6.07) is 8.53. The van der Waals surface area contributed by atoms with Crippen LogP contribution in [0.4, 0.5) is 5.69 Å². The normalized spacial score (nSPS) is 10.2. The highest BCUT2D eigenvalue weighted by molar-refractivity contribution is 6.02. The quantitative estimate of drug-likeness (QED) is 0.621. The maximum absolute atomic E-state index is 12.6. The van der Waals surface area contributed by atoms with Gasteiger partial charge < -0.3 is 24.7 Å². The van der Waals surface area contributed by atoms with Crippen molar-refractivity contribution in [2.24, 2.45) is 0 Å². The molecule has 0 saturated heterocycles. The summed E-state index contributed by atoms with van der Waals surface area (Å²) in [7, 11) is 6.14. The highest BCUT2D eigenvalue weighted by Gasteiger charge is 2.16. The number of anilines is 1. The van der Waals surface area contributed by atoms with Crippen LogP contribution in [0.3, 0.4) is 0 Å². The van der Waals surface area contributed by atoms with E-state index in [0.29, 0.717) is 34.2 Å². The first-order valence-corrected chi connectivity index (χ1v) is 7.29. The molecule has 2 rings (SSSR count). The Morgan fingerprint density at radius 3 is 1.96 bits per heavy atom. The molecule has 0 heterocycles. The Balaban J connectivity index is 2.30. The highest BCUT2D eigenvalue weighted by Crippen LogP contribution is 2.33. The summed E-state index contributed by atoms with van der Waals surface area (Å²) in [5.41, 5.74) is 7.51. The number of carbonyl (C=O) groups is 1. The fraction of sp³-hybridized carbons (Fsp3) is 0.278. The van der Waals surface area contributed by atoms with Crippen LogP contribution >= 0.6 is 0 Å². The lowest BCUT2D eigenvalue weighted by molar-refractivity contribution is 0.0993. The third kappa shape index (κ3) is 3.53. The van der Waals surface area contributed by atoms with E-state index in [1.165, 1.54) is 14.2 Å². The van der Waals surface area contributed by atoms with Gasteiger partial charge in [-0.3, -0.25) is 4.79 Å². The molecule has 0 fully saturated rings. The summed E-state index contributed by atoms with van der Waals surface area (Å²) in [4.78, 5) is 12.6. The molecule has 6 heteroatoms. The van der Waals surface area contributed by atoms with Gasteiger partial charge in [0.05, 0.1) is 28.4 Å². The molecule has 0 bridgehead atoms. The summed E-state index contributed by atoms with van der Waals surface area (Å²) in [6.07, 6.45) is 0.181. The minimum absolute atomic E-state index is 0.124. The van der Waals surface area contributed by atoms with Crippen LogP contribution in [0.2, 0.25) is 0 Å². The molecule has 0 radical (unpaired) electrons. The highest BCUT2D eigenvalue weighted by atomic mass is 16.5. The summed E-state index contributed by atoms with van der Waals surface area (Å²) >= 11 is 0. The molecule has 0 aliphatic heterocycles. The fourth-order valence-corrected chi connectivity index (χ4v) is 2.41. The largest absolute Gasteiger partial charge is 0.493 e. The molecule has 0 aliphatic carbocycles. The number of benzene rings is 2. The van der Waals surface area contributed by atoms with E-state index in [4.69, 9.17) is 24.7 Å². The van der Waals surface area contributed by atoms with Crippen LogP contribution in [0.25, 0.3) is 0 Å². The number of nitrogen functional groups attached to an aromatic ring is 1. The number of rotatable bonds is 7. The first-order valence-electron chi connectivity index (χ1n) is 7.29. The monoisotopic (exact) mass is 331 g/mol. The predicted molar refractivity (Wildman–Crippen MR) is 91.5 cm³/mol. The van der Waals surface area contributed by atoms with Crippen LogP contribution in [-0.2, 0) is 6.42 Å². The first-order chi connectivity index (χ1) is 11.5. The number of carbonyl (C=O) groups excluding carboxylic acids is 1. The Morgan fingerprint density at radius 2 is 1.38 bits per heavy atom. The van der Waals surface area contributed by atoms with Crippen LogP contribution < -0.4 is 24.7 Å². The van der Waals surface area contributed by atoms with Crippen LogP contribution in [-0.4, -0.2) is 34.2 Å². The van der Waals surface area contributed by atoms with Gasteiger partial charge in [0, 0.05) is 23.7 Å². The zero-order valence-electron chi connectivity index (χ0n) is 14.2. The summed E-state index contributed by atoms with van der Waals surface area (Å²) in [5.74, 6) is 2.00. The smallest absolute Gasteiger partial charge is 0.169 e. The van der Waals surface area contributed by atoms with Crippen molar-refractivity contribution in [2.75, 3.05) is 34.2 Å². The minimum atomic E-state index is -0.124. The third-order valence-corrected chi connectivity index (χ3v) is 3.67. The summed E-state index contributed by atoms with van der Waals surface area (Å²) in [6.45, 7) is 0. The van der Waals surface area contributed by atoms with Gasteiger partial charge in [0.2, 0.25) is 0 Å². The van der Waals surface area contributed by atoms with E-state index in [1.807, 2.05) is 6.07 Å². The molecule has 0 amide bonds. The standard InChI is InChI=1S/C18H21NO5/c1-21-15-6-5-11(8-16(15)22-2)7-14(20)12-9-17(23-3)18(24-4)10-13(12)19/h5-6,8-10H,7,19H2,1-4H3. The van der Waals surface area contributed by atoms with Gasteiger partial charge >= 0.3 is 0 Å².